The molecule has 0 bridgehead atoms. The lowest BCUT2D eigenvalue weighted by Crippen LogP contribution is -2.17. The third-order valence-corrected chi connectivity index (χ3v) is 5.52. The lowest BCUT2D eigenvalue weighted by Gasteiger charge is -2.17. The van der Waals surface area contributed by atoms with Crippen molar-refractivity contribution in [2.45, 2.75) is 11.1 Å². The third-order valence-electron chi connectivity index (χ3n) is 2.55. The maximum atomic E-state index is 12.3. The number of thiazole rings is 1. The first-order valence-corrected chi connectivity index (χ1v) is 7.95. The molecule has 7 nitrogen and oxygen atoms in total. The van der Waals surface area contributed by atoms with Crippen molar-refractivity contribution in [2.24, 2.45) is 0 Å². The molecule has 2 heterocycles. The number of aromatic nitrogens is 2. The first-order valence-electron chi connectivity index (χ1n) is 5.65. The number of aryl methyl sites for hydroxylation is 1. The zero-order valence-corrected chi connectivity index (χ0v) is 12.8. The minimum absolute atomic E-state index is 0.0175. The summed E-state index contributed by atoms with van der Waals surface area (Å²) >= 11 is 0.659. The zero-order chi connectivity index (χ0) is 14.9. The lowest BCUT2D eigenvalue weighted by atomic mass is 10.3. The van der Waals surface area contributed by atoms with E-state index in [9.17, 15) is 13.2 Å². The molecule has 0 amide bonds. The van der Waals surface area contributed by atoms with Gasteiger partial charge in [-0.15, -0.1) is 0 Å². The van der Waals surface area contributed by atoms with Crippen molar-refractivity contribution in [3.05, 3.63) is 33.8 Å². The second-order valence-electron chi connectivity index (χ2n) is 4.32. The summed E-state index contributed by atoms with van der Waals surface area (Å²) in [7, 11) is -0.211. The Hall–Kier alpha value is -1.87. The standard InChI is InChI=1S/C11H14N4O3S2/c1-7-10(19-11(16)13-7)20(17,18)14-8-6-12-5-4-9(8)15(2)3/h4-6,14H,1-3H3,(H,13,16). The fourth-order valence-corrected chi connectivity index (χ4v) is 4.05. The Bertz CT molecular complexity index is 777. The molecule has 0 aromatic carbocycles. The smallest absolute Gasteiger partial charge is 0.306 e. The first-order chi connectivity index (χ1) is 9.31. The number of rotatable bonds is 4. The lowest BCUT2D eigenvalue weighted by molar-refractivity contribution is 0.602. The van der Waals surface area contributed by atoms with Crippen LogP contribution in [0, 0.1) is 6.92 Å². The summed E-state index contributed by atoms with van der Waals surface area (Å²) in [6.45, 7) is 1.54. The highest BCUT2D eigenvalue weighted by molar-refractivity contribution is 7.94. The molecule has 0 saturated heterocycles. The summed E-state index contributed by atoms with van der Waals surface area (Å²) in [5, 5.41) is 0. The van der Waals surface area contributed by atoms with Gasteiger partial charge in [-0.1, -0.05) is 11.3 Å². The van der Waals surface area contributed by atoms with Crippen molar-refractivity contribution in [2.75, 3.05) is 23.7 Å². The van der Waals surface area contributed by atoms with Gasteiger partial charge in [0.1, 0.15) is 0 Å². The van der Waals surface area contributed by atoms with Crippen LogP contribution >= 0.6 is 11.3 Å². The number of hydrogen-bond donors (Lipinski definition) is 2. The molecule has 0 aliphatic rings. The van der Waals surface area contributed by atoms with Crippen LogP contribution in [0.5, 0.6) is 0 Å². The van der Waals surface area contributed by atoms with E-state index in [0.29, 0.717) is 28.4 Å². The van der Waals surface area contributed by atoms with E-state index in [1.807, 2.05) is 0 Å². The van der Waals surface area contributed by atoms with Gasteiger partial charge in [-0.05, 0) is 13.0 Å². The molecule has 2 N–H and O–H groups in total. The fraction of sp³-hybridized carbons (Fsp3) is 0.273. The predicted molar refractivity (Wildman–Crippen MR) is 79.0 cm³/mol. The molecule has 2 aromatic heterocycles. The van der Waals surface area contributed by atoms with E-state index in [0.717, 1.165) is 0 Å². The number of H-pyrrole nitrogens is 1. The van der Waals surface area contributed by atoms with Crippen molar-refractivity contribution in [1.82, 2.24) is 9.97 Å². The van der Waals surface area contributed by atoms with Crippen molar-refractivity contribution in [3.63, 3.8) is 0 Å². The fourth-order valence-electron chi connectivity index (χ4n) is 1.69. The number of pyridine rings is 1. The summed E-state index contributed by atoms with van der Waals surface area (Å²) in [5.74, 6) is 0. The zero-order valence-electron chi connectivity index (χ0n) is 11.2. The summed E-state index contributed by atoms with van der Waals surface area (Å²) in [6, 6.07) is 1.70. The van der Waals surface area contributed by atoms with Gasteiger partial charge in [-0.2, -0.15) is 0 Å². The number of sulfonamides is 1. The molecule has 20 heavy (non-hydrogen) atoms. The monoisotopic (exact) mass is 314 g/mol. The van der Waals surface area contributed by atoms with E-state index >= 15 is 0 Å². The highest BCUT2D eigenvalue weighted by atomic mass is 32.2. The van der Waals surface area contributed by atoms with Gasteiger partial charge < -0.3 is 9.88 Å². The van der Waals surface area contributed by atoms with Gasteiger partial charge >= 0.3 is 4.87 Å². The molecule has 108 valence electrons. The third kappa shape index (κ3) is 2.83. The number of anilines is 2. The quantitative estimate of drug-likeness (QED) is 0.878. The summed E-state index contributed by atoms with van der Waals surface area (Å²) in [4.78, 5) is 19.0. The van der Waals surface area contributed by atoms with Crippen molar-refractivity contribution in [3.8, 4) is 0 Å². The predicted octanol–water partition coefficient (Wildman–Crippen LogP) is 1.01. The Kier molecular flexibility index (Phi) is 3.82. The average Bonchev–Trinajstić information content (AvgIpc) is 2.69. The number of nitrogens with one attached hydrogen (secondary N) is 2. The maximum Gasteiger partial charge on any atom is 0.306 e. The Balaban J connectivity index is 2.44. The van der Waals surface area contributed by atoms with E-state index in [2.05, 4.69) is 14.7 Å². The second kappa shape index (κ2) is 5.25. The van der Waals surface area contributed by atoms with Gasteiger partial charge in [-0.25, -0.2) is 8.42 Å². The Morgan fingerprint density at radius 1 is 1.40 bits per heavy atom. The first kappa shape index (κ1) is 14.5. The van der Waals surface area contributed by atoms with Crippen molar-refractivity contribution < 1.29 is 8.42 Å². The molecular formula is C11H14N4O3S2. The highest BCUT2D eigenvalue weighted by Gasteiger charge is 2.22. The molecule has 0 aliphatic carbocycles. The molecule has 0 fully saturated rings. The van der Waals surface area contributed by atoms with Gasteiger partial charge in [0.25, 0.3) is 10.0 Å². The second-order valence-corrected chi connectivity index (χ2v) is 7.18. The molecular weight excluding hydrogens is 300 g/mol. The molecule has 2 aromatic rings. The molecule has 0 saturated carbocycles. The van der Waals surface area contributed by atoms with Crippen LogP contribution in [0.2, 0.25) is 0 Å². The molecule has 0 aliphatic heterocycles. The molecule has 0 unspecified atom stereocenters. The van der Waals surface area contributed by atoms with Crippen molar-refractivity contribution in [1.29, 1.82) is 0 Å². The molecule has 2 rings (SSSR count). The van der Waals surface area contributed by atoms with Gasteiger partial charge in [0, 0.05) is 26.0 Å². The summed E-state index contributed by atoms with van der Waals surface area (Å²) in [5.41, 5.74) is 1.37. The van der Waals surface area contributed by atoms with E-state index < -0.39 is 14.9 Å². The minimum Gasteiger partial charge on any atom is -0.376 e. The van der Waals surface area contributed by atoms with Crippen LogP contribution in [-0.2, 0) is 10.0 Å². The summed E-state index contributed by atoms with van der Waals surface area (Å²) in [6.07, 6.45) is 3.00. The normalized spacial score (nSPS) is 11.3. The number of aromatic amines is 1. The van der Waals surface area contributed by atoms with Crippen LogP contribution in [0.25, 0.3) is 0 Å². The Morgan fingerprint density at radius 3 is 2.65 bits per heavy atom. The molecule has 0 atom stereocenters. The van der Waals surface area contributed by atoms with E-state index in [4.69, 9.17) is 0 Å². The van der Waals surface area contributed by atoms with E-state index in [1.54, 1.807) is 38.2 Å². The molecule has 0 radical (unpaired) electrons. The number of hydrogen-bond acceptors (Lipinski definition) is 6. The Morgan fingerprint density at radius 2 is 2.10 bits per heavy atom. The topological polar surface area (TPSA) is 95.2 Å². The van der Waals surface area contributed by atoms with Gasteiger partial charge in [-0.3, -0.25) is 14.5 Å². The number of nitrogens with zero attached hydrogens (tertiary/aromatic N) is 2. The molecule has 9 heteroatoms. The largest absolute Gasteiger partial charge is 0.376 e. The van der Waals surface area contributed by atoms with Crippen LogP contribution in [0.4, 0.5) is 11.4 Å². The van der Waals surface area contributed by atoms with Crippen LogP contribution in [-0.4, -0.2) is 32.5 Å². The van der Waals surface area contributed by atoms with Crippen molar-refractivity contribution >= 4 is 32.7 Å². The van der Waals surface area contributed by atoms with E-state index in [-0.39, 0.29) is 4.21 Å². The van der Waals surface area contributed by atoms with Gasteiger partial charge in [0.2, 0.25) is 0 Å². The van der Waals surface area contributed by atoms with Crippen LogP contribution < -0.4 is 14.5 Å². The van der Waals surface area contributed by atoms with Gasteiger partial charge in [0.05, 0.1) is 17.6 Å². The minimum atomic E-state index is -3.81. The molecule has 0 spiro atoms. The Labute approximate surface area is 120 Å². The van der Waals surface area contributed by atoms with Crippen LogP contribution in [0.3, 0.4) is 0 Å². The van der Waals surface area contributed by atoms with E-state index in [1.165, 1.54) is 6.20 Å². The highest BCUT2D eigenvalue weighted by Crippen LogP contribution is 2.26. The average molecular weight is 314 g/mol. The SMILES string of the molecule is Cc1[nH]c(=O)sc1S(=O)(=O)Nc1cnccc1N(C)C. The van der Waals surface area contributed by atoms with Crippen LogP contribution in [0.1, 0.15) is 5.69 Å². The van der Waals surface area contributed by atoms with Crippen LogP contribution in [0.15, 0.2) is 27.5 Å². The van der Waals surface area contributed by atoms with Gasteiger partial charge in [0.15, 0.2) is 4.21 Å². The maximum absolute atomic E-state index is 12.3. The summed E-state index contributed by atoms with van der Waals surface area (Å²) < 4.78 is 27.1.